The number of hydrogen-bond donors (Lipinski definition) is 2. The van der Waals surface area contributed by atoms with Gasteiger partial charge in [-0.2, -0.15) is 0 Å². The van der Waals surface area contributed by atoms with E-state index in [2.05, 4.69) is 5.32 Å². The van der Waals surface area contributed by atoms with Crippen molar-refractivity contribution in [3.05, 3.63) is 23.8 Å². The van der Waals surface area contributed by atoms with Gasteiger partial charge in [0.15, 0.2) is 6.04 Å². The van der Waals surface area contributed by atoms with E-state index in [0.29, 0.717) is 19.0 Å². The van der Waals surface area contributed by atoms with Crippen LogP contribution in [-0.2, 0) is 19.1 Å². The lowest BCUT2D eigenvalue weighted by atomic mass is 9.85. The van der Waals surface area contributed by atoms with E-state index >= 15 is 0 Å². The molecule has 0 spiro atoms. The van der Waals surface area contributed by atoms with Gasteiger partial charge in [-0.05, 0) is 43.5 Å². The van der Waals surface area contributed by atoms with Crippen LogP contribution in [0.5, 0.6) is 0 Å². The number of halogens is 2. The zero-order chi connectivity index (χ0) is 22.5. The molecule has 2 aliphatic rings. The maximum absolute atomic E-state index is 13.7. The molecule has 10 heteroatoms. The summed E-state index contributed by atoms with van der Waals surface area (Å²) in [6, 6.07) is 2.73. The molecular weight excluding hydrogens is 410 g/mol. The van der Waals surface area contributed by atoms with Crippen molar-refractivity contribution < 1.29 is 27.9 Å². The van der Waals surface area contributed by atoms with Crippen LogP contribution in [0, 0.1) is 5.92 Å². The third-order valence-corrected chi connectivity index (χ3v) is 5.81. The highest BCUT2D eigenvalue weighted by Crippen LogP contribution is 2.33. The van der Waals surface area contributed by atoms with Crippen molar-refractivity contribution in [1.29, 1.82) is 0 Å². The van der Waals surface area contributed by atoms with Gasteiger partial charge in [0, 0.05) is 24.3 Å². The molecule has 1 aliphatic heterocycles. The van der Waals surface area contributed by atoms with Crippen molar-refractivity contribution >= 4 is 29.1 Å². The molecule has 2 fully saturated rings. The second kappa shape index (κ2) is 10.1. The Morgan fingerprint density at radius 2 is 2.10 bits per heavy atom. The number of nitrogens with one attached hydrogen (secondary N) is 1. The van der Waals surface area contributed by atoms with Gasteiger partial charge < -0.3 is 20.7 Å². The van der Waals surface area contributed by atoms with Crippen molar-refractivity contribution in [2.45, 2.75) is 38.7 Å². The van der Waals surface area contributed by atoms with Gasteiger partial charge in [-0.3, -0.25) is 19.3 Å². The summed E-state index contributed by atoms with van der Waals surface area (Å²) in [6.45, 7) is 3.12. The number of hydrogen-bond acceptors (Lipinski definition) is 5. The molecule has 170 valence electrons. The van der Waals surface area contributed by atoms with Crippen LogP contribution in [-0.4, -0.2) is 61.5 Å². The Kier molecular flexibility index (Phi) is 7.55. The summed E-state index contributed by atoms with van der Waals surface area (Å²) in [6.07, 6.45) is 0.358. The minimum absolute atomic E-state index is 0.0768. The number of rotatable bonds is 9. The number of ether oxygens (including phenoxy) is 1. The summed E-state index contributed by atoms with van der Waals surface area (Å²) in [4.78, 5) is 39.9. The second-order valence-electron chi connectivity index (χ2n) is 7.85. The van der Waals surface area contributed by atoms with E-state index in [-0.39, 0.29) is 36.7 Å². The van der Waals surface area contributed by atoms with E-state index in [1.807, 2.05) is 6.92 Å². The summed E-state index contributed by atoms with van der Waals surface area (Å²) >= 11 is 0. The van der Waals surface area contributed by atoms with Crippen LogP contribution in [0.2, 0.25) is 0 Å². The normalized spacial score (nSPS) is 18.2. The lowest BCUT2D eigenvalue weighted by Gasteiger charge is -2.34. The Balaban J connectivity index is 1.79. The summed E-state index contributed by atoms with van der Waals surface area (Å²) in [7, 11) is 0. The third-order valence-electron chi connectivity index (χ3n) is 5.81. The monoisotopic (exact) mass is 438 g/mol. The summed E-state index contributed by atoms with van der Waals surface area (Å²) in [5, 5.41) is 2.54. The lowest BCUT2D eigenvalue weighted by Crippen LogP contribution is -2.53. The molecule has 1 aliphatic carbocycles. The molecule has 1 atom stereocenters. The minimum Gasteiger partial charge on any atom is -0.370 e. The zero-order valence-electron chi connectivity index (χ0n) is 17.5. The van der Waals surface area contributed by atoms with Gasteiger partial charge in [-0.25, -0.2) is 8.78 Å². The number of nitrogens with two attached hydrogens (primary N) is 1. The van der Waals surface area contributed by atoms with Crippen LogP contribution >= 0.6 is 0 Å². The highest BCUT2D eigenvalue weighted by molar-refractivity contribution is 6.09. The smallest absolute Gasteiger partial charge is 0.265 e. The zero-order valence-corrected chi connectivity index (χ0v) is 17.5. The molecule has 3 amide bonds. The highest BCUT2D eigenvalue weighted by Gasteiger charge is 2.33. The molecule has 0 radical (unpaired) electrons. The van der Waals surface area contributed by atoms with Crippen molar-refractivity contribution in [1.82, 2.24) is 4.90 Å². The van der Waals surface area contributed by atoms with Crippen LogP contribution in [0.1, 0.15) is 38.2 Å². The first-order chi connectivity index (χ1) is 14.8. The van der Waals surface area contributed by atoms with Crippen molar-refractivity contribution in [2.75, 3.05) is 43.1 Å². The van der Waals surface area contributed by atoms with Crippen molar-refractivity contribution in [3.8, 4) is 0 Å². The highest BCUT2D eigenvalue weighted by atomic mass is 19.3. The number of alkyl halides is 2. The number of benzene rings is 1. The Morgan fingerprint density at radius 3 is 2.65 bits per heavy atom. The Morgan fingerprint density at radius 1 is 1.35 bits per heavy atom. The fourth-order valence-electron chi connectivity index (χ4n) is 3.94. The van der Waals surface area contributed by atoms with Gasteiger partial charge in [0.25, 0.3) is 18.2 Å². The standard InChI is InChI=1S/C21H28F2N4O4/c1-2-26(11-13-4-3-5-13)18(20(24)29)21(30)25-14-6-7-16(15(10-14)19(22)23)27-8-9-31-12-17(27)28/h6-7,10,13,18-19H,2-5,8-9,11-12H2,1H3,(H2,24,29)(H,25,30)/t18-/m1/s1. The predicted octanol–water partition coefficient (Wildman–Crippen LogP) is 1.90. The van der Waals surface area contributed by atoms with E-state index in [1.54, 1.807) is 4.90 Å². The molecule has 1 saturated carbocycles. The number of carbonyl (C=O) groups excluding carboxylic acids is 3. The lowest BCUT2D eigenvalue weighted by molar-refractivity contribution is -0.133. The molecule has 1 aromatic carbocycles. The van der Waals surface area contributed by atoms with Crippen LogP contribution in [0.25, 0.3) is 0 Å². The molecule has 8 nitrogen and oxygen atoms in total. The van der Waals surface area contributed by atoms with E-state index in [9.17, 15) is 23.2 Å². The van der Waals surface area contributed by atoms with E-state index in [4.69, 9.17) is 10.5 Å². The molecule has 0 unspecified atom stereocenters. The maximum Gasteiger partial charge on any atom is 0.265 e. The SMILES string of the molecule is CCN(CC1CCC1)[C@H](C(N)=O)C(=O)Nc1ccc(N2CCOCC2=O)c(C(F)F)c1. The number of nitrogens with zero attached hydrogens (tertiary/aromatic N) is 2. The molecule has 1 heterocycles. The molecule has 1 saturated heterocycles. The number of likely N-dealkylation sites (N-methyl/N-ethyl adjacent to an activating group) is 1. The van der Waals surface area contributed by atoms with Crippen LogP contribution in [0.15, 0.2) is 18.2 Å². The molecule has 3 N–H and O–H groups in total. The Bertz CT molecular complexity index is 832. The molecule has 31 heavy (non-hydrogen) atoms. The summed E-state index contributed by atoms with van der Waals surface area (Å²) in [5.74, 6) is -1.44. The van der Waals surface area contributed by atoms with Gasteiger partial charge >= 0.3 is 0 Å². The van der Waals surface area contributed by atoms with Crippen LogP contribution < -0.4 is 16.0 Å². The maximum atomic E-state index is 13.7. The van der Waals surface area contributed by atoms with Crippen LogP contribution in [0.3, 0.4) is 0 Å². The van der Waals surface area contributed by atoms with Gasteiger partial charge in [-0.15, -0.1) is 0 Å². The number of carbonyl (C=O) groups is 3. The third kappa shape index (κ3) is 5.37. The molecule has 1 aromatic rings. The first-order valence-electron chi connectivity index (χ1n) is 10.5. The number of morpholine rings is 1. The minimum atomic E-state index is -2.86. The van der Waals surface area contributed by atoms with Crippen molar-refractivity contribution in [3.63, 3.8) is 0 Å². The predicted molar refractivity (Wildman–Crippen MR) is 111 cm³/mol. The molecule has 0 bridgehead atoms. The number of primary amides is 1. The van der Waals surface area contributed by atoms with Crippen molar-refractivity contribution in [2.24, 2.45) is 11.7 Å². The molecular formula is C21H28F2N4O4. The summed E-state index contributed by atoms with van der Waals surface area (Å²) < 4.78 is 32.5. The van der Waals surface area contributed by atoms with Gasteiger partial charge in [0.1, 0.15) is 6.61 Å². The quantitative estimate of drug-likeness (QED) is 0.573. The number of amides is 3. The van der Waals surface area contributed by atoms with Gasteiger partial charge in [0.05, 0.1) is 12.3 Å². The van der Waals surface area contributed by atoms with Gasteiger partial charge in [0.2, 0.25) is 5.91 Å². The largest absolute Gasteiger partial charge is 0.370 e. The van der Waals surface area contributed by atoms with E-state index in [0.717, 1.165) is 25.3 Å². The summed E-state index contributed by atoms with van der Waals surface area (Å²) in [5.41, 5.74) is 5.30. The van der Waals surface area contributed by atoms with E-state index < -0.39 is 30.2 Å². The topological polar surface area (TPSA) is 105 Å². The Hall–Kier alpha value is -2.59. The second-order valence-corrected chi connectivity index (χ2v) is 7.85. The van der Waals surface area contributed by atoms with E-state index in [1.165, 1.54) is 17.0 Å². The average Bonchev–Trinajstić information content (AvgIpc) is 2.69. The first-order valence-corrected chi connectivity index (χ1v) is 10.5. The molecule has 0 aromatic heterocycles. The van der Waals surface area contributed by atoms with Crippen LogP contribution in [0.4, 0.5) is 20.2 Å². The Labute approximate surface area is 179 Å². The average molecular weight is 438 g/mol. The van der Waals surface area contributed by atoms with Gasteiger partial charge in [-0.1, -0.05) is 13.3 Å². The number of anilines is 2. The fourth-order valence-corrected chi connectivity index (χ4v) is 3.94. The first kappa shape index (κ1) is 23.1. The molecule has 3 rings (SSSR count). The fraction of sp³-hybridized carbons (Fsp3) is 0.571.